The third kappa shape index (κ3) is 3.11. The van der Waals surface area contributed by atoms with Gasteiger partial charge in [-0.15, -0.1) is 0 Å². The smallest absolute Gasteiger partial charge is 0.231 e. The molecule has 1 aromatic heterocycles. The topological polar surface area (TPSA) is 57.7 Å². The number of hydrogen-bond donors (Lipinski definition) is 0. The average molecular weight is 401 g/mol. The number of Topliss-reactive ketones (excluding diaryl/α,β-unsaturated/α-hetero) is 1. The van der Waals surface area contributed by atoms with E-state index in [1.54, 1.807) is 7.11 Å². The molecule has 2 aliphatic rings. The number of fused-ring (bicyclic) bond motifs is 1. The normalized spacial score (nSPS) is 15.7. The molecule has 1 aliphatic heterocycles. The Morgan fingerprint density at radius 2 is 1.87 bits per heavy atom. The predicted octanol–water partition coefficient (Wildman–Crippen LogP) is 4.64. The summed E-state index contributed by atoms with van der Waals surface area (Å²) in [6.45, 7) is 2.28. The summed E-state index contributed by atoms with van der Waals surface area (Å²) in [6.07, 6.45) is 3.89. The molecule has 2 heterocycles. The largest absolute Gasteiger partial charge is 0.496 e. The number of carbonyl (C=O) groups is 1. The maximum Gasteiger partial charge on any atom is 0.231 e. The summed E-state index contributed by atoms with van der Waals surface area (Å²) in [7, 11) is 1.67. The quantitative estimate of drug-likeness (QED) is 0.602. The molecule has 0 saturated heterocycles. The van der Waals surface area contributed by atoms with Gasteiger partial charge in [0.2, 0.25) is 6.79 Å². The lowest BCUT2D eigenvalue weighted by Crippen LogP contribution is -2.23. The fourth-order valence-electron chi connectivity index (χ4n) is 4.24. The summed E-state index contributed by atoms with van der Waals surface area (Å²) in [5.74, 6) is 2.48. The lowest BCUT2D eigenvalue weighted by Gasteiger charge is -2.16. The molecule has 0 bridgehead atoms. The molecule has 0 atom stereocenters. The first kappa shape index (κ1) is 18.7. The Labute approximate surface area is 175 Å². The first-order chi connectivity index (χ1) is 14.6. The molecule has 0 amide bonds. The molecular weight excluding hydrogens is 378 g/mol. The summed E-state index contributed by atoms with van der Waals surface area (Å²) in [6, 6.07) is 15.7. The van der Waals surface area contributed by atoms with Gasteiger partial charge in [0.1, 0.15) is 11.5 Å². The van der Waals surface area contributed by atoms with Crippen molar-refractivity contribution in [1.82, 2.24) is 4.98 Å². The molecule has 5 rings (SSSR count). The number of carbonyl (C=O) groups excluding carboxylic acids is 1. The van der Waals surface area contributed by atoms with E-state index in [1.807, 2.05) is 61.7 Å². The minimum absolute atomic E-state index is 0.207. The van der Waals surface area contributed by atoms with Crippen LogP contribution in [0.1, 0.15) is 29.7 Å². The van der Waals surface area contributed by atoms with Gasteiger partial charge in [-0.25, -0.2) is 0 Å². The molecule has 0 unspecified atom stereocenters. The molecule has 0 radical (unpaired) electrons. The van der Waals surface area contributed by atoms with Gasteiger partial charge in [0, 0.05) is 29.4 Å². The molecule has 5 nitrogen and oxygen atoms in total. The number of hydrogen-bond acceptors (Lipinski definition) is 5. The molecule has 1 aliphatic carbocycles. The summed E-state index contributed by atoms with van der Waals surface area (Å²) in [5, 5.41) is 0. The van der Waals surface area contributed by atoms with E-state index in [2.05, 4.69) is 4.98 Å². The molecule has 0 N–H and O–H groups in total. The number of ketones is 1. The Morgan fingerprint density at radius 3 is 2.63 bits per heavy atom. The summed E-state index contributed by atoms with van der Waals surface area (Å²) in [5.41, 5.74) is 4.48. The van der Waals surface area contributed by atoms with Crippen molar-refractivity contribution in [2.45, 2.75) is 31.6 Å². The predicted molar refractivity (Wildman–Crippen MR) is 113 cm³/mol. The molecule has 1 fully saturated rings. The number of aryl methyl sites for hydroxylation is 1. The molecular formula is C25H23NO4. The highest BCUT2D eigenvalue weighted by molar-refractivity contribution is 5.94. The third-order valence-electron chi connectivity index (χ3n) is 6.12. The van der Waals surface area contributed by atoms with E-state index < -0.39 is 5.41 Å². The molecule has 5 heteroatoms. The zero-order valence-corrected chi connectivity index (χ0v) is 17.1. The number of rotatable bonds is 6. The number of ether oxygens (including phenoxy) is 3. The number of aromatic nitrogens is 1. The molecule has 3 aromatic rings. The van der Waals surface area contributed by atoms with Crippen LogP contribution in [0.15, 0.2) is 54.7 Å². The molecule has 0 spiro atoms. The van der Waals surface area contributed by atoms with Crippen molar-refractivity contribution in [2.75, 3.05) is 13.9 Å². The summed E-state index contributed by atoms with van der Waals surface area (Å²) in [4.78, 5) is 17.8. The zero-order chi connectivity index (χ0) is 20.7. The van der Waals surface area contributed by atoms with E-state index in [-0.39, 0.29) is 12.6 Å². The minimum atomic E-state index is -0.419. The zero-order valence-electron chi connectivity index (χ0n) is 17.1. The maximum atomic E-state index is 13.2. The Hall–Kier alpha value is -3.34. The van der Waals surface area contributed by atoms with Crippen molar-refractivity contribution in [3.05, 3.63) is 71.5 Å². The van der Waals surface area contributed by atoms with E-state index in [1.165, 1.54) is 0 Å². The highest BCUT2D eigenvalue weighted by Crippen LogP contribution is 2.51. The van der Waals surface area contributed by atoms with Crippen LogP contribution in [-0.4, -0.2) is 24.7 Å². The van der Waals surface area contributed by atoms with Crippen LogP contribution in [-0.2, 0) is 16.6 Å². The van der Waals surface area contributed by atoms with Crippen molar-refractivity contribution in [2.24, 2.45) is 0 Å². The Morgan fingerprint density at radius 1 is 1.07 bits per heavy atom. The van der Waals surface area contributed by atoms with Gasteiger partial charge in [0.15, 0.2) is 11.5 Å². The SMILES string of the molecule is COc1ccccc1-c1cnc(CC(=O)C2(c3ccc4c(c3)OCO4)CC2)cc1C. The van der Waals surface area contributed by atoms with Crippen molar-refractivity contribution in [1.29, 1.82) is 0 Å². The second kappa shape index (κ2) is 7.17. The van der Waals surface area contributed by atoms with Gasteiger partial charge in [0.25, 0.3) is 0 Å². The fourth-order valence-corrected chi connectivity index (χ4v) is 4.24. The van der Waals surface area contributed by atoms with Crippen molar-refractivity contribution < 1.29 is 19.0 Å². The van der Waals surface area contributed by atoms with E-state index in [0.29, 0.717) is 6.42 Å². The van der Waals surface area contributed by atoms with E-state index in [4.69, 9.17) is 14.2 Å². The molecule has 1 saturated carbocycles. The van der Waals surface area contributed by atoms with Gasteiger partial charge < -0.3 is 14.2 Å². The van der Waals surface area contributed by atoms with Crippen LogP contribution in [0.4, 0.5) is 0 Å². The second-order valence-corrected chi connectivity index (χ2v) is 7.94. The second-order valence-electron chi connectivity index (χ2n) is 7.94. The fraction of sp³-hybridized carbons (Fsp3) is 0.280. The molecule has 152 valence electrons. The number of para-hydroxylation sites is 1. The van der Waals surface area contributed by atoms with Gasteiger partial charge >= 0.3 is 0 Å². The summed E-state index contributed by atoms with van der Waals surface area (Å²) >= 11 is 0. The van der Waals surface area contributed by atoms with E-state index >= 15 is 0 Å². The van der Waals surface area contributed by atoms with Gasteiger partial charge in [-0.2, -0.15) is 0 Å². The van der Waals surface area contributed by atoms with Gasteiger partial charge in [-0.1, -0.05) is 24.3 Å². The van der Waals surface area contributed by atoms with Crippen LogP contribution < -0.4 is 14.2 Å². The first-order valence-corrected chi connectivity index (χ1v) is 10.1. The first-order valence-electron chi connectivity index (χ1n) is 10.1. The van der Waals surface area contributed by atoms with Crippen LogP contribution in [0.3, 0.4) is 0 Å². The van der Waals surface area contributed by atoms with Gasteiger partial charge in [-0.05, 0) is 55.2 Å². The Kier molecular flexibility index (Phi) is 4.46. The maximum absolute atomic E-state index is 13.2. The lowest BCUT2D eigenvalue weighted by molar-refractivity contribution is -0.120. The van der Waals surface area contributed by atoms with Crippen LogP contribution in [0.2, 0.25) is 0 Å². The minimum Gasteiger partial charge on any atom is -0.496 e. The number of methoxy groups -OCH3 is 1. The average Bonchev–Trinajstić information content (AvgIpc) is 3.45. The molecule has 2 aromatic carbocycles. The standard InChI is InChI=1S/C25H23NO4/c1-16-11-18(26-14-20(16)19-5-3-4-6-21(19)28-2)13-24(27)25(9-10-25)17-7-8-22-23(12-17)30-15-29-22/h3-8,11-12,14H,9-10,13,15H2,1-2H3. The van der Waals surface area contributed by atoms with Crippen LogP contribution in [0, 0.1) is 6.92 Å². The van der Waals surface area contributed by atoms with E-state index in [9.17, 15) is 4.79 Å². The van der Waals surface area contributed by atoms with Gasteiger partial charge in [-0.3, -0.25) is 9.78 Å². The Bertz CT molecular complexity index is 1130. The monoisotopic (exact) mass is 401 g/mol. The van der Waals surface area contributed by atoms with Crippen LogP contribution in [0.25, 0.3) is 11.1 Å². The van der Waals surface area contributed by atoms with Crippen molar-refractivity contribution in [3.8, 4) is 28.4 Å². The molecule has 30 heavy (non-hydrogen) atoms. The Balaban J connectivity index is 1.38. The number of pyridine rings is 1. The lowest BCUT2D eigenvalue weighted by atomic mass is 9.88. The summed E-state index contributed by atoms with van der Waals surface area (Å²) < 4.78 is 16.4. The number of benzene rings is 2. The van der Waals surface area contributed by atoms with Crippen molar-refractivity contribution >= 4 is 5.78 Å². The van der Waals surface area contributed by atoms with Crippen LogP contribution in [0.5, 0.6) is 17.2 Å². The number of nitrogens with zero attached hydrogens (tertiary/aromatic N) is 1. The van der Waals surface area contributed by atoms with Gasteiger partial charge in [0.05, 0.1) is 12.5 Å². The van der Waals surface area contributed by atoms with Crippen molar-refractivity contribution in [3.63, 3.8) is 0 Å². The highest BCUT2D eigenvalue weighted by atomic mass is 16.7. The highest BCUT2D eigenvalue weighted by Gasteiger charge is 2.51. The van der Waals surface area contributed by atoms with Crippen LogP contribution >= 0.6 is 0 Å². The van der Waals surface area contributed by atoms with E-state index in [0.717, 1.165) is 58.0 Å². The third-order valence-corrected chi connectivity index (χ3v) is 6.12.